The molecule has 0 amide bonds. The SMILES string of the molecule is O[C@@H](CNCc1ccc2c(c1)OCO2)c1ccc2c(c1)OCCCO2. The molecule has 0 aliphatic carbocycles. The van der Waals surface area contributed by atoms with Crippen molar-refractivity contribution >= 4 is 0 Å². The molecule has 2 aliphatic rings. The molecule has 0 radical (unpaired) electrons. The number of fused-ring (bicyclic) bond motifs is 2. The van der Waals surface area contributed by atoms with Crippen LogP contribution in [0.3, 0.4) is 0 Å². The zero-order chi connectivity index (χ0) is 17.1. The van der Waals surface area contributed by atoms with Crippen LogP contribution in [0.25, 0.3) is 0 Å². The van der Waals surface area contributed by atoms with E-state index in [0.29, 0.717) is 32.1 Å². The lowest BCUT2D eigenvalue weighted by Gasteiger charge is -2.15. The highest BCUT2D eigenvalue weighted by molar-refractivity contribution is 5.45. The molecule has 6 nitrogen and oxygen atoms in total. The van der Waals surface area contributed by atoms with Crippen LogP contribution in [0.4, 0.5) is 0 Å². The molecule has 0 bridgehead atoms. The van der Waals surface area contributed by atoms with E-state index < -0.39 is 6.10 Å². The quantitative estimate of drug-likeness (QED) is 0.869. The molecule has 132 valence electrons. The van der Waals surface area contributed by atoms with Crippen molar-refractivity contribution in [3.63, 3.8) is 0 Å². The summed E-state index contributed by atoms with van der Waals surface area (Å²) >= 11 is 0. The highest BCUT2D eigenvalue weighted by Crippen LogP contribution is 2.33. The van der Waals surface area contributed by atoms with Crippen molar-refractivity contribution in [2.45, 2.75) is 19.1 Å². The van der Waals surface area contributed by atoms with Gasteiger partial charge in [-0.05, 0) is 35.4 Å². The van der Waals surface area contributed by atoms with Gasteiger partial charge < -0.3 is 29.4 Å². The van der Waals surface area contributed by atoms with Gasteiger partial charge in [-0.25, -0.2) is 0 Å². The van der Waals surface area contributed by atoms with Gasteiger partial charge in [0, 0.05) is 19.5 Å². The van der Waals surface area contributed by atoms with E-state index in [1.807, 2.05) is 36.4 Å². The molecular weight excluding hydrogens is 322 g/mol. The molecule has 0 saturated heterocycles. The van der Waals surface area contributed by atoms with Crippen LogP contribution in [-0.2, 0) is 6.54 Å². The summed E-state index contributed by atoms with van der Waals surface area (Å²) in [6, 6.07) is 11.4. The zero-order valence-electron chi connectivity index (χ0n) is 13.9. The van der Waals surface area contributed by atoms with Gasteiger partial charge in [-0.3, -0.25) is 0 Å². The first-order valence-electron chi connectivity index (χ1n) is 8.46. The van der Waals surface area contributed by atoms with Gasteiger partial charge in [-0.1, -0.05) is 12.1 Å². The number of aliphatic hydroxyl groups is 1. The average Bonchev–Trinajstić information content (AvgIpc) is 2.97. The van der Waals surface area contributed by atoms with Crippen molar-refractivity contribution in [1.29, 1.82) is 0 Å². The van der Waals surface area contributed by atoms with Crippen LogP contribution in [0.15, 0.2) is 36.4 Å². The van der Waals surface area contributed by atoms with Crippen molar-refractivity contribution in [3.05, 3.63) is 47.5 Å². The number of hydrogen-bond donors (Lipinski definition) is 2. The predicted octanol–water partition coefficient (Wildman–Crippen LogP) is 2.40. The Bertz CT molecular complexity index is 749. The largest absolute Gasteiger partial charge is 0.490 e. The molecule has 2 aromatic carbocycles. The maximum atomic E-state index is 10.4. The van der Waals surface area contributed by atoms with E-state index >= 15 is 0 Å². The smallest absolute Gasteiger partial charge is 0.231 e. The van der Waals surface area contributed by atoms with Gasteiger partial charge in [-0.2, -0.15) is 0 Å². The predicted molar refractivity (Wildman–Crippen MR) is 91.3 cm³/mol. The standard InChI is InChI=1S/C19H21NO5/c21-15(14-3-5-16-19(9-14)23-7-1-6-22-16)11-20-10-13-2-4-17-18(8-13)25-12-24-17/h2-5,8-9,15,20-21H,1,6-7,10-12H2/t15-/m0/s1. The van der Waals surface area contributed by atoms with E-state index in [9.17, 15) is 5.11 Å². The molecule has 6 heteroatoms. The minimum Gasteiger partial charge on any atom is -0.490 e. The van der Waals surface area contributed by atoms with Crippen molar-refractivity contribution < 1.29 is 24.1 Å². The van der Waals surface area contributed by atoms with Crippen molar-refractivity contribution in [3.8, 4) is 23.0 Å². The number of benzene rings is 2. The number of rotatable bonds is 5. The molecular formula is C19H21NO5. The molecule has 2 N–H and O–H groups in total. The van der Waals surface area contributed by atoms with Gasteiger partial charge in [0.25, 0.3) is 0 Å². The van der Waals surface area contributed by atoms with Crippen LogP contribution in [0, 0.1) is 0 Å². The lowest BCUT2D eigenvalue weighted by atomic mass is 10.1. The number of nitrogens with one attached hydrogen (secondary N) is 1. The third-order valence-corrected chi connectivity index (χ3v) is 4.26. The third-order valence-electron chi connectivity index (χ3n) is 4.26. The minimum absolute atomic E-state index is 0.273. The fraction of sp³-hybridized carbons (Fsp3) is 0.368. The maximum Gasteiger partial charge on any atom is 0.231 e. The van der Waals surface area contributed by atoms with Crippen LogP contribution in [0.1, 0.15) is 23.7 Å². The molecule has 0 aromatic heterocycles. The Morgan fingerprint density at radius 2 is 1.60 bits per heavy atom. The second-order valence-electron chi connectivity index (χ2n) is 6.09. The topological polar surface area (TPSA) is 69.2 Å². The summed E-state index contributed by atoms with van der Waals surface area (Å²) in [5.41, 5.74) is 1.89. The van der Waals surface area contributed by atoms with Crippen molar-refractivity contribution in [1.82, 2.24) is 5.32 Å². The van der Waals surface area contributed by atoms with Crippen LogP contribution in [-0.4, -0.2) is 31.7 Å². The minimum atomic E-state index is -0.619. The Morgan fingerprint density at radius 3 is 2.52 bits per heavy atom. The van der Waals surface area contributed by atoms with Gasteiger partial charge >= 0.3 is 0 Å². The first kappa shape index (κ1) is 16.1. The van der Waals surface area contributed by atoms with Crippen LogP contribution in [0.5, 0.6) is 23.0 Å². The molecule has 1 atom stereocenters. The second-order valence-corrected chi connectivity index (χ2v) is 6.09. The summed E-state index contributed by atoms with van der Waals surface area (Å²) in [5.74, 6) is 2.98. The number of aliphatic hydroxyl groups excluding tert-OH is 1. The van der Waals surface area contributed by atoms with Crippen LogP contribution >= 0.6 is 0 Å². The summed E-state index contributed by atoms with van der Waals surface area (Å²) < 4.78 is 22.0. The van der Waals surface area contributed by atoms with Gasteiger partial charge in [0.05, 0.1) is 19.3 Å². The molecule has 2 aromatic rings. The Kier molecular flexibility index (Phi) is 4.63. The first-order valence-corrected chi connectivity index (χ1v) is 8.46. The third kappa shape index (κ3) is 3.65. The average molecular weight is 343 g/mol. The molecule has 0 saturated carbocycles. The van der Waals surface area contributed by atoms with Gasteiger partial charge in [0.15, 0.2) is 23.0 Å². The summed E-state index contributed by atoms with van der Waals surface area (Å²) in [7, 11) is 0. The Balaban J connectivity index is 1.34. The van der Waals surface area contributed by atoms with E-state index in [1.54, 1.807) is 0 Å². The van der Waals surface area contributed by atoms with Crippen LogP contribution in [0.2, 0.25) is 0 Å². The fourth-order valence-corrected chi connectivity index (χ4v) is 2.91. The number of hydrogen-bond acceptors (Lipinski definition) is 6. The van der Waals surface area contributed by atoms with Gasteiger partial charge in [0.1, 0.15) is 0 Å². The van der Waals surface area contributed by atoms with Crippen molar-refractivity contribution in [2.75, 3.05) is 26.6 Å². The highest BCUT2D eigenvalue weighted by Gasteiger charge is 2.15. The first-order chi connectivity index (χ1) is 12.3. The fourth-order valence-electron chi connectivity index (χ4n) is 2.91. The highest BCUT2D eigenvalue weighted by atomic mass is 16.7. The van der Waals surface area contributed by atoms with Crippen molar-refractivity contribution in [2.24, 2.45) is 0 Å². The lowest BCUT2D eigenvalue weighted by molar-refractivity contribution is 0.173. The van der Waals surface area contributed by atoms with E-state index in [1.165, 1.54) is 0 Å². The Hall–Kier alpha value is -2.44. The maximum absolute atomic E-state index is 10.4. The second kappa shape index (κ2) is 7.21. The number of ether oxygens (including phenoxy) is 4. The Labute approximate surface area is 146 Å². The monoisotopic (exact) mass is 343 g/mol. The molecule has 0 fully saturated rings. The summed E-state index contributed by atoms with van der Waals surface area (Å²) in [4.78, 5) is 0. The summed E-state index contributed by atoms with van der Waals surface area (Å²) in [6.45, 7) is 2.64. The zero-order valence-corrected chi connectivity index (χ0v) is 13.9. The summed E-state index contributed by atoms with van der Waals surface area (Å²) in [5, 5.41) is 13.7. The molecule has 25 heavy (non-hydrogen) atoms. The van der Waals surface area contributed by atoms with E-state index in [2.05, 4.69) is 5.32 Å². The summed E-state index contributed by atoms with van der Waals surface area (Å²) in [6.07, 6.45) is 0.245. The Morgan fingerprint density at radius 1 is 0.880 bits per heavy atom. The van der Waals surface area contributed by atoms with Gasteiger partial charge in [0.2, 0.25) is 6.79 Å². The van der Waals surface area contributed by atoms with E-state index in [4.69, 9.17) is 18.9 Å². The molecule has 2 aliphatic heterocycles. The molecule has 2 heterocycles. The molecule has 0 spiro atoms. The lowest BCUT2D eigenvalue weighted by Crippen LogP contribution is -2.21. The molecule has 0 unspecified atom stereocenters. The normalized spacial score (nSPS) is 16.4. The molecule has 4 rings (SSSR count). The van der Waals surface area contributed by atoms with E-state index in [0.717, 1.165) is 34.8 Å². The van der Waals surface area contributed by atoms with Crippen LogP contribution < -0.4 is 24.3 Å². The van der Waals surface area contributed by atoms with Gasteiger partial charge in [-0.15, -0.1) is 0 Å². The van der Waals surface area contributed by atoms with E-state index in [-0.39, 0.29) is 6.79 Å².